The maximum Gasteiger partial charge on any atom is 0.173 e. The first-order valence-electron chi connectivity index (χ1n) is 3.32. The van der Waals surface area contributed by atoms with Gasteiger partial charge in [-0.1, -0.05) is 0 Å². The first-order valence-corrected chi connectivity index (χ1v) is 3.32. The molecule has 0 fully saturated rings. The van der Waals surface area contributed by atoms with Crippen LogP contribution in [-0.4, -0.2) is 7.11 Å². The molecule has 2 nitrogen and oxygen atoms in total. The Labute approximate surface area is 64.8 Å². The van der Waals surface area contributed by atoms with Crippen molar-refractivity contribution >= 4 is 5.69 Å². The fourth-order valence-corrected chi connectivity index (χ4v) is 0.858. The molecule has 3 heteroatoms. The third-order valence-corrected chi connectivity index (χ3v) is 1.68. The molecule has 0 unspecified atom stereocenters. The molecular formula is C8H11FNO+. The SMILES string of the molecule is COc1ccc([NH3+])c(C)c1F. The molecule has 3 N–H and O–H groups in total. The second-order valence-electron chi connectivity index (χ2n) is 2.37. The van der Waals surface area contributed by atoms with Gasteiger partial charge >= 0.3 is 0 Å². The number of methoxy groups -OCH3 is 1. The zero-order valence-electron chi connectivity index (χ0n) is 6.65. The summed E-state index contributed by atoms with van der Waals surface area (Å²) in [5, 5.41) is 0. The number of quaternary nitrogens is 1. The normalized spacial score (nSPS) is 9.82. The van der Waals surface area contributed by atoms with Gasteiger partial charge in [0.25, 0.3) is 0 Å². The highest BCUT2D eigenvalue weighted by Crippen LogP contribution is 2.22. The molecular weight excluding hydrogens is 145 g/mol. The average Bonchev–Trinajstić information content (AvgIpc) is 2.01. The van der Waals surface area contributed by atoms with Gasteiger partial charge in [-0.05, 0) is 13.0 Å². The van der Waals surface area contributed by atoms with Crippen molar-refractivity contribution in [3.63, 3.8) is 0 Å². The highest BCUT2D eigenvalue weighted by atomic mass is 19.1. The quantitative estimate of drug-likeness (QED) is 0.647. The number of ether oxygens (including phenoxy) is 1. The zero-order valence-corrected chi connectivity index (χ0v) is 6.65. The third-order valence-electron chi connectivity index (χ3n) is 1.68. The Balaban J connectivity index is 3.25. The number of benzene rings is 1. The molecule has 11 heavy (non-hydrogen) atoms. The number of hydrogen-bond acceptors (Lipinski definition) is 1. The first-order chi connectivity index (χ1) is 5.16. The van der Waals surface area contributed by atoms with Gasteiger partial charge < -0.3 is 10.5 Å². The minimum absolute atomic E-state index is 0.273. The standard InChI is InChI=1S/C8H10FNO/c1-5-6(10)3-4-7(11-2)8(5)9/h3-4H,10H2,1-2H3/p+1. The molecule has 0 aliphatic heterocycles. The summed E-state index contributed by atoms with van der Waals surface area (Å²) in [6.45, 7) is 1.68. The van der Waals surface area contributed by atoms with Crippen LogP contribution in [0.3, 0.4) is 0 Å². The Morgan fingerprint density at radius 2 is 2.09 bits per heavy atom. The Kier molecular flexibility index (Phi) is 2.10. The van der Waals surface area contributed by atoms with Gasteiger partial charge in [0.05, 0.1) is 7.11 Å². The molecule has 0 amide bonds. The van der Waals surface area contributed by atoms with Crippen LogP contribution in [0.25, 0.3) is 0 Å². The fourth-order valence-electron chi connectivity index (χ4n) is 0.858. The van der Waals surface area contributed by atoms with E-state index in [-0.39, 0.29) is 11.6 Å². The lowest BCUT2D eigenvalue weighted by Crippen LogP contribution is -2.41. The van der Waals surface area contributed by atoms with Gasteiger partial charge in [0.15, 0.2) is 11.6 Å². The predicted octanol–water partition coefficient (Wildman–Crippen LogP) is 1.02. The van der Waals surface area contributed by atoms with Crippen LogP contribution in [0.15, 0.2) is 12.1 Å². The van der Waals surface area contributed by atoms with Crippen LogP contribution in [0.5, 0.6) is 5.75 Å². The van der Waals surface area contributed by atoms with Crippen LogP contribution >= 0.6 is 0 Å². The summed E-state index contributed by atoms with van der Waals surface area (Å²) in [5.41, 5.74) is 4.90. The van der Waals surface area contributed by atoms with E-state index in [1.807, 2.05) is 0 Å². The zero-order chi connectivity index (χ0) is 8.43. The van der Waals surface area contributed by atoms with E-state index in [0.717, 1.165) is 0 Å². The van der Waals surface area contributed by atoms with Gasteiger partial charge in [0.2, 0.25) is 0 Å². The van der Waals surface area contributed by atoms with E-state index >= 15 is 0 Å². The second kappa shape index (κ2) is 2.88. The molecule has 60 valence electrons. The summed E-state index contributed by atoms with van der Waals surface area (Å²) in [6, 6.07) is 3.31. The minimum Gasteiger partial charge on any atom is -0.494 e. The highest BCUT2D eigenvalue weighted by molar-refractivity contribution is 5.44. The minimum atomic E-state index is -0.319. The van der Waals surface area contributed by atoms with Gasteiger partial charge in [-0.15, -0.1) is 0 Å². The first kappa shape index (κ1) is 8.01. The molecule has 0 atom stereocenters. The number of hydrogen-bond donors (Lipinski definition) is 1. The van der Waals surface area contributed by atoms with Crippen molar-refractivity contribution in [1.82, 2.24) is 0 Å². The van der Waals surface area contributed by atoms with Crippen LogP contribution in [0, 0.1) is 12.7 Å². The Morgan fingerprint density at radius 3 is 2.64 bits per heavy atom. The lowest BCUT2D eigenvalue weighted by Gasteiger charge is -2.03. The summed E-state index contributed by atoms with van der Waals surface area (Å²) in [7, 11) is 1.45. The van der Waals surface area contributed by atoms with E-state index in [4.69, 9.17) is 4.74 Å². The summed E-state index contributed by atoms with van der Waals surface area (Å²) in [4.78, 5) is 0. The van der Waals surface area contributed by atoms with Crippen molar-refractivity contribution in [2.45, 2.75) is 6.92 Å². The van der Waals surface area contributed by atoms with Gasteiger partial charge in [-0.3, -0.25) is 0 Å². The average molecular weight is 156 g/mol. The lowest BCUT2D eigenvalue weighted by molar-refractivity contribution is -0.255. The van der Waals surface area contributed by atoms with E-state index < -0.39 is 0 Å². The molecule has 0 radical (unpaired) electrons. The molecule has 1 rings (SSSR count). The smallest absolute Gasteiger partial charge is 0.173 e. The van der Waals surface area contributed by atoms with Crippen LogP contribution in [0.4, 0.5) is 10.1 Å². The van der Waals surface area contributed by atoms with Crippen molar-refractivity contribution in [1.29, 1.82) is 0 Å². The lowest BCUT2D eigenvalue weighted by atomic mass is 10.2. The van der Waals surface area contributed by atoms with Gasteiger partial charge in [0.1, 0.15) is 5.69 Å². The predicted molar refractivity (Wildman–Crippen MR) is 40.2 cm³/mol. The fraction of sp³-hybridized carbons (Fsp3) is 0.250. The van der Waals surface area contributed by atoms with Crippen molar-refractivity contribution in [3.8, 4) is 5.75 Å². The number of halogens is 1. The Morgan fingerprint density at radius 1 is 1.45 bits per heavy atom. The van der Waals surface area contributed by atoms with Crippen molar-refractivity contribution in [2.75, 3.05) is 7.11 Å². The topological polar surface area (TPSA) is 36.9 Å². The summed E-state index contributed by atoms with van der Waals surface area (Å²) >= 11 is 0. The van der Waals surface area contributed by atoms with Crippen molar-refractivity contribution < 1.29 is 14.9 Å². The Bertz CT molecular complexity index is 273. The molecule has 0 aromatic heterocycles. The van der Waals surface area contributed by atoms with Crippen molar-refractivity contribution in [3.05, 3.63) is 23.5 Å². The Hall–Kier alpha value is -1.09. The molecule has 0 aliphatic rings. The second-order valence-corrected chi connectivity index (χ2v) is 2.37. The van der Waals surface area contributed by atoms with E-state index in [9.17, 15) is 4.39 Å². The molecule has 1 aromatic carbocycles. The van der Waals surface area contributed by atoms with Crippen LogP contribution in [0.2, 0.25) is 0 Å². The van der Waals surface area contributed by atoms with Crippen LogP contribution in [0.1, 0.15) is 5.56 Å². The summed E-state index contributed by atoms with van der Waals surface area (Å²) in [5.74, 6) is -0.0464. The van der Waals surface area contributed by atoms with E-state index in [1.165, 1.54) is 7.11 Å². The van der Waals surface area contributed by atoms with Gasteiger partial charge in [-0.2, -0.15) is 0 Å². The molecule has 0 bridgehead atoms. The molecule has 1 aromatic rings. The van der Waals surface area contributed by atoms with E-state index in [1.54, 1.807) is 19.1 Å². The van der Waals surface area contributed by atoms with E-state index in [0.29, 0.717) is 11.3 Å². The van der Waals surface area contributed by atoms with Gasteiger partial charge in [-0.25, -0.2) is 4.39 Å². The number of rotatable bonds is 1. The molecule has 0 saturated carbocycles. The third kappa shape index (κ3) is 1.33. The molecule has 0 heterocycles. The molecule has 0 spiro atoms. The monoisotopic (exact) mass is 156 g/mol. The van der Waals surface area contributed by atoms with Crippen LogP contribution < -0.4 is 10.5 Å². The molecule has 0 aliphatic carbocycles. The maximum absolute atomic E-state index is 13.1. The van der Waals surface area contributed by atoms with Crippen molar-refractivity contribution in [2.24, 2.45) is 0 Å². The summed E-state index contributed by atoms with van der Waals surface area (Å²) in [6.07, 6.45) is 0. The van der Waals surface area contributed by atoms with Crippen LogP contribution in [-0.2, 0) is 0 Å². The summed E-state index contributed by atoms with van der Waals surface area (Å²) < 4.78 is 17.9. The van der Waals surface area contributed by atoms with E-state index in [2.05, 4.69) is 5.73 Å². The highest BCUT2D eigenvalue weighted by Gasteiger charge is 2.09. The largest absolute Gasteiger partial charge is 0.494 e. The molecule has 0 saturated heterocycles. The van der Waals surface area contributed by atoms with Gasteiger partial charge in [0, 0.05) is 11.6 Å². The maximum atomic E-state index is 13.1.